The predicted molar refractivity (Wildman–Crippen MR) is 75.8 cm³/mol. The van der Waals surface area contributed by atoms with Crippen LogP contribution < -0.4 is 5.32 Å². The maximum absolute atomic E-state index is 12.2. The van der Waals surface area contributed by atoms with Gasteiger partial charge < -0.3 is 20.1 Å². The number of carboxylic acids is 1. The molecular formula is C14H24N2O5. The Morgan fingerprint density at radius 2 is 2.10 bits per heavy atom. The number of hydrogen-bond acceptors (Lipinski definition) is 4. The Morgan fingerprint density at radius 1 is 1.38 bits per heavy atom. The number of amides is 2. The minimum absolute atomic E-state index is 0.114. The zero-order valence-corrected chi connectivity index (χ0v) is 12.6. The largest absolute Gasteiger partial charge is 0.481 e. The summed E-state index contributed by atoms with van der Waals surface area (Å²) in [5.74, 6) is -1.34. The highest BCUT2D eigenvalue weighted by Crippen LogP contribution is 2.19. The Kier molecular flexibility index (Phi) is 6.98. The van der Waals surface area contributed by atoms with Gasteiger partial charge in [-0.25, -0.2) is 9.59 Å². The van der Waals surface area contributed by atoms with Crippen LogP contribution in [0.25, 0.3) is 0 Å². The van der Waals surface area contributed by atoms with Crippen molar-refractivity contribution in [2.75, 3.05) is 13.2 Å². The molecule has 7 heteroatoms. The van der Waals surface area contributed by atoms with E-state index < -0.39 is 24.0 Å². The van der Waals surface area contributed by atoms with Gasteiger partial charge in [-0.2, -0.15) is 0 Å². The molecule has 2 atom stereocenters. The Balaban J connectivity index is 2.63. The number of esters is 1. The number of aliphatic carboxylic acids is 1. The molecule has 0 spiro atoms. The van der Waals surface area contributed by atoms with E-state index in [4.69, 9.17) is 9.84 Å². The molecule has 120 valence electrons. The maximum Gasteiger partial charge on any atom is 0.328 e. The number of nitrogens with zero attached hydrogens (tertiary/aromatic N) is 1. The van der Waals surface area contributed by atoms with Gasteiger partial charge in [0.05, 0.1) is 13.0 Å². The molecule has 0 saturated carbocycles. The molecule has 1 saturated heterocycles. The monoisotopic (exact) mass is 300 g/mol. The third-order valence-corrected chi connectivity index (χ3v) is 3.46. The number of urea groups is 1. The van der Waals surface area contributed by atoms with Gasteiger partial charge in [-0.3, -0.25) is 4.79 Å². The smallest absolute Gasteiger partial charge is 0.328 e. The lowest BCUT2D eigenvalue weighted by Crippen LogP contribution is -2.49. The van der Waals surface area contributed by atoms with Crippen LogP contribution in [-0.4, -0.2) is 53.2 Å². The Labute approximate surface area is 124 Å². The van der Waals surface area contributed by atoms with Crippen molar-refractivity contribution in [2.24, 2.45) is 0 Å². The molecular weight excluding hydrogens is 276 g/mol. The molecule has 0 radical (unpaired) electrons. The summed E-state index contributed by atoms with van der Waals surface area (Å²) < 4.78 is 4.97. The zero-order valence-electron chi connectivity index (χ0n) is 12.6. The summed E-state index contributed by atoms with van der Waals surface area (Å²) in [6, 6.07) is -1.36. The Morgan fingerprint density at radius 3 is 2.67 bits per heavy atom. The number of carbonyl (C=O) groups excluding carboxylic acids is 2. The number of carbonyl (C=O) groups is 3. The number of hydrogen-bond donors (Lipinski definition) is 2. The van der Waals surface area contributed by atoms with Crippen LogP contribution in [0.3, 0.4) is 0 Å². The summed E-state index contributed by atoms with van der Waals surface area (Å²) in [5.41, 5.74) is 0. The van der Waals surface area contributed by atoms with Crippen LogP contribution in [0.15, 0.2) is 0 Å². The van der Waals surface area contributed by atoms with Gasteiger partial charge in [0.25, 0.3) is 0 Å². The first-order valence-electron chi connectivity index (χ1n) is 7.45. The normalized spacial score (nSPS) is 19.1. The van der Waals surface area contributed by atoms with Crippen molar-refractivity contribution >= 4 is 18.0 Å². The number of ether oxygens (including phenoxy) is 1. The van der Waals surface area contributed by atoms with Crippen LogP contribution in [0.1, 0.15) is 46.0 Å². The van der Waals surface area contributed by atoms with Crippen LogP contribution >= 0.6 is 0 Å². The molecule has 1 heterocycles. The van der Waals surface area contributed by atoms with Gasteiger partial charge in [-0.05, 0) is 26.2 Å². The molecule has 7 nitrogen and oxygen atoms in total. The second-order valence-electron chi connectivity index (χ2n) is 5.14. The maximum atomic E-state index is 12.2. The molecule has 0 aromatic heterocycles. The van der Waals surface area contributed by atoms with Gasteiger partial charge in [-0.15, -0.1) is 0 Å². The molecule has 1 rings (SSSR count). The second kappa shape index (κ2) is 8.49. The van der Waals surface area contributed by atoms with Crippen LogP contribution in [0.4, 0.5) is 4.79 Å². The summed E-state index contributed by atoms with van der Waals surface area (Å²) in [4.78, 5) is 36.3. The van der Waals surface area contributed by atoms with Crippen molar-refractivity contribution < 1.29 is 24.2 Å². The lowest BCUT2D eigenvalue weighted by atomic mass is 10.1. The standard InChI is InChI=1S/C14H24N2O5/c1-3-6-10(9-12(17)18)15-14(20)16-8-5-7-11(16)13(19)21-4-2/h10-11H,3-9H2,1-2H3,(H,15,20)(H,17,18). The number of carboxylic acid groups (broad SMARTS) is 1. The quantitative estimate of drug-likeness (QED) is 0.692. The third-order valence-electron chi connectivity index (χ3n) is 3.46. The summed E-state index contributed by atoms with van der Waals surface area (Å²) in [7, 11) is 0. The summed E-state index contributed by atoms with van der Waals surface area (Å²) in [5, 5.41) is 11.6. The number of nitrogens with one attached hydrogen (secondary N) is 1. The van der Waals surface area contributed by atoms with Crippen molar-refractivity contribution in [1.29, 1.82) is 0 Å². The lowest BCUT2D eigenvalue weighted by Gasteiger charge is -2.26. The molecule has 1 aliphatic heterocycles. The second-order valence-corrected chi connectivity index (χ2v) is 5.14. The van der Waals surface area contributed by atoms with Crippen LogP contribution in [0, 0.1) is 0 Å². The van der Waals surface area contributed by atoms with E-state index >= 15 is 0 Å². The first kappa shape index (κ1) is 17.3. The molecule has 0 aromatic carbocycles. The molecule has 2 N–H and O–H groups in total. The minimum Gasteiger partial charge on any atom is -0.481 e. The summed E-state index contributed by atoms with van der Waals surface area (Å²) in [6.45, 7) is 4.42. The van der Waals surface area contributed by atoms with Gasteiger partial charge in [-0.1, -0.05) is 13.3 Å². The van der Waals surface area contributed by atoms with E-state index in [-0.39, 0.29) is 19.1 Å². The average Bonchev–Trinajstić information content (AvgIpc) is 2.87. The summed E-state index contributed by atoms with van der Waals surface area (Å²) in [6.07, 6.45) is 2.59. The SMILES string of the molecule is CCCC(CC(=O)O)NC(=O)N1CCCC1C(=O)OCC. The highest BCUT2D eigenvalue weighted by atomic mass is 16.5. The van der Waals surface area contributed by atoms with E-state index in [9.17, 15) is 14.4 Å². The fourth-order valence-corrected chi connectivity index (χ4v) is 2.54. The highest BCUT2D eigenvalue weighted by molar-refractivity contribution is 5.84. The molecule has 2 amide bonds. The fraction of sp³-hybridized carbons (Fsp3) is 0.786. The molecule has 1 aliphatic rings. The van der Waals surface area contributed by atoms with Gasteiger partial charge in [0.2, 0.25) is 0 Å². The highest BCUT2D eigenvalue weighted by Gasteiger charge is 2.35. The van der Waals surface area contributed by atoms with Crippen molar-refractivity contribution in [3.8, 4) is 0 Å². The van der Waals surface area contributed by atoms with Crippen molar-refractivity contribution in [3.05, 3.63) is 0 Å². The topological polar surface area (TPSA) is 95.9 Å². The van der Waals surface area contributed by atoms with E-state index in [1.807, 2.05) is 6.92 Å². The van der Waals surface area contributed by atoms with Gasteiger partial charge >= 0.3 is 18.0 Å². The van der Waals surface area contributed by atoms with Gasteiger partial charge in [0.15, 0.2) is 0 Å². The summed E-state index contributed by atoms with van der Waals surface area (Å²) >= 11 is 0. The number of rotatable bonds is 7. The van der Waals surface area contributed by atoms with E-state index in [1.165, 1.54) is 4.90 Å². The van der Waals surface area contributed by atoms with Crippen molar-refractivity contribution in [1.82, 2.24) is 10.2 Å². The van der Waals surface area contributed by atoms with Crippen LogP contribution in [0.2, 0.25) is 0 Å². The first-order valence-corrected chi connectivity index (χ1v) is 7.45. The molecule has 21 heavy (non-hydrogen) atoms. The fourth-order valence-electron chi connectivity index (χ4n) is 2.54. The lowest BCUT2D eigenvalue weighted by molar-refractivity contribution is -0.147. The van der Waals surface area contributed by atoms with E-state index in [2.05, 4.69) is 5.32 Å². The molecule has 2 unspecified atom stereocenters. The van der Waals surface area contributed by atoms with Crippen LogP contribution in [-0.2, 0) is 14.3 Å². The predicted octanol–water partition coefficient (Wildman–Crippen LogP) is 1.37. The first-order chi connectivity index (χ1) is 9.99. The van der Waals surface area contributed by atoms with Gasteiger partial charge in [0, 0.05) is 12.6 Å². The third kappa shape index (κ3) is 5.24. The van der Waals surface area contributed by atoms with E-state index in [0.29, 0.717) is 19.4 Å². The van der Waals surface area contributed by atoms with E-state index in [1.54, 1.807) is 6.92 Å². The molecule has 1 fully saturated rings. The van der Waals surface area contributed by atoms with E-state index in [0.717, 1.165) is 12.8 Å². The van der Waals surface area contributed by atoms with Crippen molar-refractivity contribution in [3.63, 3.8) is 0 Å². The molecule has 0 bridgehead atoms. The Hall–Kier alpha value is -1.79. The number of likely N-dealkylation sites (tertiary alicyclic amines) is 1. The van der Waals surface area contributed by atoms with Gasteiger partial charge in [0.1, 0.15) is 6.04 Å². The molecule has 0 aliphatic carbocycles. The van der Waals surface area contributed by atoms with Crippen LogP contribution in [0.5, 0.6) is 0 Å². The molecule has 0 aromatic rings. The Bertz CT molecular complexity index is 386. The average molecular weight is 300 g/mol. The van der Waals surface area contributed by atoms with Crippen molar-refractivity contribution in [2.45, 2.75) is 58.0 Å². The minimum atomic E-state index is -0.947. The zero-order chi connectivity index (χ0) is 15.8.